The van der Waals surface area contributed by atoms with Crippen molar-refractivity contribution in [3.05, 3.63) is 29.8 Å². The number of ketones is 1. The van der Waals surface area contributed by atoms with Crippen LogP contribution >= 0.6 is 0 Å². The molecule has 0 aliphatic carbocycles. The molecule has 222 valence electrons. The number of carbonyl (C=O) groups is 4. The van der Waals surface area contributed by atoms with Crippen molar-refractivity contribution in [2.24, 2.45) is 16.5 Å². The average molecular weight is 555 g/mol. The van der Waals surface area contributed by atoms with Crippen molar-refractivity contribution in [3.8, 4) is 5.75 Å². The van der Waals surface area contributed by atoms with Gasteiger partial charge in [0.25, 0.3) is 5.91 Å². The quantitative estimate of drug-likeness (QED) is 0.254. The Kier molecular flexibility index (Phi) is 22.5. The van der Waals surface area contributed by atoms with Crippen molar-refractivity contribution < 1.29 is 28.3 Å². The van der Waals surface area contributed by atoms with E-state index in [0.29, 0.717) is 30.7 Å². The van der Waals surface area contributed by atoms with Gasteiger partial charge in [0.05, 0.1) is 20.2 Å². The molecule has 1 unspecified atom stereocenters. The third-order valence-electron chi connectivity index (χ3n) is 4.75. The summed E-state index contributed by atoms with van der Waals surface area (Å²) in [5, 5.41) is 4.87. The highest BCUT2D eigenvalue weighted by Crippen LogP contribution is 2.17. The van der Waals surface area contributed by atoms with Crippen molar-refractivity contribution >= 4 is 29.5 Å². The molecule has 3 amide bonds. The topological polar surface area (TPSA) is 169 Å². The van der Waals surface area contributed by atoms with E-state index in [9.17, 15) is 23.6 Å². The van der Waals surface area contributed by atoms with Gasteiger partial charge in [0, 0.05) is 18.7 Å². The lowest BCUT2D eigenvalue weighted by molar-refractivity contribution is -0.138. The molecule has 1 saturated heterocycles. The third-order valence-corrected chi connectivity index (χ3v) is 4.75. The molecule has 1 atom stereocenters. The highest BCUT2D eigenvalue weighted by molar-refractivity contribution is 5.97. The largest absolute Gasteiger partial charge is 0.497 e. The van der Waals surface area contributed by atoms with Crippen LogP contribution in [0.4, 0.5) is 4.39 Å². The Morgan fingerprint density at radius 3 is 2.10 bits per heavy atom. The van der Waals surface area contributed by atoms with Crippen LogP contribution in [0.5, 0.6) is 5.75 Å². The number of nitrogens with two attached hydrogens (primary N) is 2. The first kappa shape index (κ1) is 37.5. The lowest BCUT2D eigenvalue weighted by atomic mass is 10.2. The van der Waals surface area contributed by atoms with Gasteiger partial charge in [0.2, 0.25) is 11.8 Å². The number of halogens is 1. The maximum absolute atomic E-state index is 12.4. The number of aliphatic imine (C=N–C) groups is 1. The SMILES string of the molecule is CC.CCC.CCCN=C(N)N.COc1ccc(C(=O)NCC(=O)N2CCCC2C(=O)NCC(=O)CF)cc1. The minimum absolute atomic E-state index is 0.182. The number of nitrogens with zero attached hydrogens (tertiary/aromatic N) is 2. The molecule has 0 bridgehead atoms. The Bertz CT molecular complexity index is 876. The normalized spacial score (nSPS) is 13.1. The number of hydrogen-bond acceptors (Lipinski definition) is 6. The molecule has 1 aromatic carbocycles. The zero-order chi connectivity index (χ0) is 30.2. The predicted octanol–water partition coefficient (Wildman–Crippen LogP) is 2.18. The number of rotatable bonds is 10. The number of nitrogens with one attached hydrogen (secondary N) is 2. The molecule has 0 radical (unpaired) electrons. The van der Waals surface area contributed by atoms with E-state index in [2.05, 4.69) is 29.5 Å². The fourth-order valence-electron chi connectivity index (χ4n) is 3.03. The maximum atomic E-state index is 12.4. The van der Waals surface area contributed by atoms with Crippen molar-refractivity contribution in [2.75, 3.05) is 40.0 Å². The molecule has 0 aromatic heterocycles. The molecule has 1 aliphatic heterocycles. The molecule has 1 aromatic rings. The smallest absolute Gasteiger partial charge is 0.251 e. The van der Waals surface area contributed by atoms with Crippen LogP contribution in [0.25, 0.3) is 0 Å². The molecule has 1 heterocycles. The second-order valence-corrected chi connectivity index (χ2v) is 8.06. The lowest BCUT2D eigenvalue weighted by Gasteiger charge is -2.24. The van der Waals surface area contributed by atoms with Crippen molar-refractivity contribution in [1.82, 2.24) is 15.5 Å². The molecule has 1 fully saturated rings. The minimum atomic E-state index is -1.15. The first-order chi connectivity index (χ1) is 18.6. The second-order valence-electron chi connectivity index (χ2n) is 8.06. The zero-order valence-electron chi connectivity index (χ0n) is 24.2. The number of likely N-dealkylation sites (tertiary alicyclic amines) is 1. The number of amides is 3. The van der Waals surface area contributed by atoms with Gasteiger partial charge in [-0.05, 0) is 43.5 Å². The molecule has 39 heavy (non-hydrogen) atoms. The van der Waals surface area contributed by atoms with E-state index < -0.39 is 42.8 Å². The first-order valence-corrected chi connectivity index (χ1v) is 13.3. The molecule has 1 aliphatic rings. The monoisotopic (exact) mass is 554 g/mol. The van der Waals surface area contributed by atoms with Gasteiger partial charge in [-0.2, -0.15) is 0 Å². The summed E-state index contributed by atoms with van der Waals surface area (Å²) in [5.41, 5.74) is 10.4. The van der Waals surface area contributed by atoms with Crippen LogP contribution in [0, 0.1) is 0 Å². The number of ether oxygens (including phenoxy) is 1. The summed E-state index contributed by atoms with van der Waals surface area (Å²) in [6, 6.07) is 5.70. The van der Waals surface area contributed by atoms with Crippen LogP contribution in [0.1, 0.15) is 70.7 Å². The van der Waals surface area contributed by atoms with Crippen LogP contribution in [-0.2, 0) is 14.4 Å². The standard InChI is InChI=1S/C18H22FN3O5.C4H11N3.C3H8.C2H6/c1-27-14-6-4-12(5-7-14)17(25)21-11-16(24)22-8-2-3-15(22)18(26)20-10-13(23)9-19;1-2-3-7-4(5)6;1-3-2;1-2/h4-7,15H,2-3,8-11H2,1H3,(H,20,26)(H,21,25);2-3H2,1H3,(H4,5,6,7);3H2,1-2H3;1-2H3. The number of methoxy groups -OCH3 is 1. The van der Waals surface area contributed by atoms with Gasteiger partial charge < -0.3 is 31.7 Å². The molecule has 11 nitrogen and oxygen atoms in total. The van der Waals surface area contributed by atoms with E-state index in [1.165, 1.54) is 18.4 Å². The molecule has 12 heteroatoms. The van der Waals surface area contributed by atoms with Gasteiger partial charge in [-0.1, -0.05) is 41.0 Å². The van der Waals surface area contributed by atoms with Crippen LogP contribution in [-0.4, -0.2) is 80.4 Å². The van der Waals surface area contributed by atoms with Crippen molar-refractivity contribution in [3.63, 3.8) is 0 Å². The Morgan fingerprint density at radius 2 is 1.64 bits per heavy atom. The Hall–Kier alpha value is -3.70. The maximum Gasteiger partial charge on any atom is 0.251 e. The van der Waals surface area contributed by atoms with Gasteiger partial charge in [-0.25, -0.2) is 4.39 Å². The summed E-state index contributed by atoms with van der Waals surface area (Å²) in [6.45, 7) is 9.59. The molecule has 0 saturated carbocycles. The minimum Gasteiger partial charge on any atom is -0.497 e. The summed E-state index contributed by atoms with van der Waals surface area (Å²) in [5.74, 6) is -1.25. The van der Waals surface area contributed by atoms with E-state index in [1.54, 1.807) is 24.3 Å². The number of alkyl halides is 1. The summed E-state index contributed by atoms with van der Waals surface area (Å²) >= 11 is 0. The van der Waals surface area contributed by atoms with Gasteiger partial charge in [-0.3, -0.25) is 24.2 Å². The number of benzene rings is 1. The van der Waals surface area contributed by atoms with Crippen molar-refractivity contribution in [2.45, 2.75) is 66.3 Å². The Labute approximate surface area is 231 Å². The number of hydrogen-bond donors (Lipinski definition) is 4. The first-order valence-electron chi connectivity index (χ1n) is 13.3. The van der Waals surface area contributed by atoms with E-state index in [0.717, 1.165) is 13.0 Å². The van der Waals surface area contributed by atoms with Crippen LogP contribution in [0.2, 0.25) is 0 Å². The van der Waals surface area contributed by atoms with Gasteiger partial charge in [0.1, 0.15) is 18.5 Å². The predicted molar refractivity (Wildman–Crippen MR) is 152 cm³/mol. The summed E-state index contributed by atoms with van der Waals surface area (Å²) in [7, 11) is 1.52. The fourth-order valence-corrected chi connectivity index (χ4v) is 3.03. The van der Waals surface area contributed by atoms with Crippen molar-refractivity contribution in [1.29, 1.82) is 0 Å². The highest BCUT2D eigenvalue weighted by Gasteiger charge is 2.34. The summed E-state index contributed by atoms with van der Waals surface area (Å²) < 4.78 is 17.2. The van der Waals surface area contributed by atoms with Crippen LogP contribution in [0.3, 0.4) is 0 Å². The van der Waals surface area contributed by atoms with Gasteiger partial charge in [-0.15, -0.1) is 0 Å². The number of carbonyl (C=O) groups excluding carboxylic acids is 4. The average Bonchev–Trinajstić information content (AvgIpc) is 3.45. The van der Waals surface area contributed by atoms with E-state index >= 15 is 0 Å². The van der Waals surface area contributed by atoms with E-state index in [-0.39, 0.29) is 12.5 Å². The van der Waals surface area contributed by atoms with Crippen LogP contribution < -0.4 is 26.8 Å². The lowest BCUT2D eigenvalue weighted by Crippen LogP contribution is -2.49. The Balaban J connectivity index is 0. The summed E-state index contributed by atoms with van der Waals surface area (Å²) in [6.07, 6.45) is 3.33. The second kappa shape index (κ2) is 23.4. The van der Waals surface area contributed by atoms with Gasteiger partial charge in [0.15, 0.2) is 11.7 Å². The van der Waals surface area contributed by atoms with E-state index in [4.69, 9.17) is 16.2 Å². The molecule has 6 N–H and O–H groups in total. The molecular formula is C27H47FN6O5. The summed E-state index contributed by atoms with van der Waals surface area (Å²) in [4.78, 5) is 52.7. The van der Waals surface area contributed by atoms with Gasteiger partial charge >= 0.3 is 0 Å². The highest BCUT2D eigenvalue weighted by atomic mass is 19.1. The molecule has 2 rings (SSSR count). The molecular weight excluding hydrogens is 507 g/mol. The number of Topliss-reactive ketones (excluding diaryl/α,β-unsaturated/α-hetero) is 1. The Morgan fingerprint density at radius 1 is 1.05 bits per heavy atom. The number of guanidine groups is 1. The fraction of sp³-hybridized carbons (Fsp3) is 0.593. The van der Waals surface area contributed by atoms with Crippen LogP contribution in [0.15, 0.2) is 29.3 Å². The van der Waals surface area contributed by atoms with E-state index in [1.807, 2.05) is 20.8 Å². The zero-order valence-corrected chi connectivity index (χ0v) is 24.2. The third kappa shape index (κ3) is 16.7. The molecule has 0 spiro atoms.